The molecule has 0 spiro atoms. The Hall–Kier alpha value is -0.0400. The normalized spacial score (nSPS) is 40.9. The highest BCUT2D eigenvalue weighted by Crippen LogP contribution is 2.35. The Balaban J connectivity index is 1.82. The maximum atomic E-state index is 3.86. The van der Waals surface area contributed by atoms with Gasteiger partial charge >= 0.3 is 0 Å². The van der Waals surface area contributed by atoms with Gasteiger partial charge in [0.1, 0.15) is 0 Å². The molecule has 0 aromatic carbocycles. The Bertz CT molecular complexity index is 186. The fourth-order valence-corrected chi connectivity index (χ4v) is 2.89. The van der Waals surface area contributed by atoms with E-state index < -0.39 is 0 Å². The Morgan fingerprint density at radius 1 is 1.07 bits per heavy atom. The van der Waals surface area contributed by atoms with Crippen LogP contribution in [0.1, 0.15) is 52.9 Å². The van der Waals surface area contributed by atoms with Crippen LogP contribution in [-0.2, 0) is 0 Å². The van der Waals surface area contributed by atoms with Crippen LogP contribution in [0.2, 0.25) is 0 Å². The molecule has 2 saturated carbocycles. The lowest BCUT2D eigenvalue weighted by molar-refractivity contribution is 0.192. The minimum absolute atomic E-state index is 0.771. The molecule has 1 nitrogen and oxygen atoms in total. The van der Waals surface area contributed by atoms with Crippen molar-refractivity contribution in [2.24, 2.45) is 17.8 Å². The number of rotatable bonds is 3. The van der Waals surface area contributed by atoms with E-state index in [-0.39, 0.29) is 0 Å². The molecule has 2 fully saturated rings. The van der Waals surface area contributed by atoms with Crippen molar-refractivity contribution in [3.8, 4) is 0 Å². The third-order valence-corrected chi connectivity index (χ3v) is 4.51. The van der Waals surface area contributed by atoms with Gasteiger partial charge in [0, 0.05) is 12.1 Å². The zero-order chi connectivity index (χ0) is 10.1. The molecule has 0 radical (unpaired) electrons. The summed E-state index contributed by atoms with van der Waals surface area (Å²) in [7, 11) is 0. The summed E-state index contributed by atoms with van der Waals surface area (Å²) in [5, 5.41) is 3.86. The standard InChI is InChI=1S/C13H25N/c1-9-5-4-6-13(10(9)2)14-11(3)12-7-8-12/h9-14H,4-8H2,1-3H3. The van der Waals surface area contributed by atoms with Crippen molar-refractivity contribution in [3.63, 3.8) is 0 Å². The van der Waals surface area contributed by atoms with Crippen LogP contribution in [0.3, 0.4) is 0 Å². The highest BCUT2D eigenvalue weighted by atomic mass is 15.0. The third kappa shape index (κ3) is 2.31. The average Bonchev–Trinajstić information content (AvgIpc) is 2.95. The molecular weight excluding hydrogens is 170 g/mol. The van der Waals surface area contributed by atoms with E-state index in [0.717, 1.165) is 29.8 Å². The van der Waals surface area contributed by atoms with Gasteiger partial charge in [-0.3, -0.25) is 0 Å². The van der Waals surface area contributed by atoms with E-state index in [4.69, 9.17) is 0 Å². The first-order valence-electron chi connectivity index (χ1n) is 6.44. The van der Waals surface area contributed by atoms with Crippen molar-refractivity contribution in [1.29, 1.82) is 0 Å². The Labute approximate surface area is 88.7 Å². The van der Waals surface area contributed by atoms with E-state index in [1.807, 2.05) is 0 Å². The molecule has 1 N–H and O–H groups in total. The van der Waals surface area contributed by atoms with Gasteiger partial charge < -0.3 is 5.32 Å². The van der Waals surface area contributed by atoms with Crippen LogP contribution in [-0.4, -0.2) is 12.1 Å². The van der Waals surface area contributed by atoms with Gasteiger partial charge in [-0.1, -0.05) is 26.7 Å². The maximum Gasteiger partial charge on any atom is 0.00978 e. The topological polar surface area (TPSA) is 12.0 Å². The maximum absolute atomic E-state index is 3.86. The average molecular weight is 195 g/mol. The van der Waals surface area contributed by atoms with E-state index in [9.17, 15) is 0 Å². The summed E-state index contributed by atoms with van der Waals surface area (Å²) in [5.41, 5.74) is 0. The Morgan fingerprint density at radius 3 is 2.43 bits per heavy atom. The summed E-state index contributed by atoms with van der Waals surface area (Å²) >= 11 is 0. The van der Waals surface area contributed by atoms with E-state index >= 15 is 0 Å². The van der Waals surface area contributed by atoms with Crippen LogP contribution in [0.4, 0.5) is 0 Å². The van der Waals surface area contributed by atoms with Gasteiger partial charge in [0.05, 0.1) is 0 Å². The summed E-state index contributed by atoms with van der Waals surface area (Å²) in [6, 6.07) is 1.57. The van der Waals surface area contributed by atoms with E-state index in [2.05, 4.69) is 26.1 Å². The summed E-state index contributed by atoms with van der Waals surface area (Å²) in [6.45, 7) is 7.23. The summed E-state index contributed by atoms with van der Waals surface area (Å²) in [6.07, 6.45) is 7.20. The molecule has 0 bridgehead atoms. The lowest BCUT2D eigenvalue weighted by atomic mass is 9.78. The first kappa shape index (κ1) is 10.5. The first-order chi connectivity index (χ1) is 6.68. The van der Waals surface area contributed by atoms with Crippen molar-refractivity contribution >= 4 is 0 Å². The molecule has 0 aliphatic heterocycles. The second kappa shape index (κ2) is 4.22. The zero-order valence-electron chi connectivity index (χ0n) is 9.92. The van der Waals surface area contributed by atoms with Crippen molar-refractivity contribution in [2.75, 3.05) is 0 Å². The molecule has 0 heterocycles. The zero-order valence-corrected chi connectivity index (χ0v) is 9.92. The van der Waals surface area contributed by atoms with Crippen LogP contribution < -0.4 is 5.32 Å². The van der Waals surface area contributed by atoms with Crippen LogP contribution in [0.25, 0.3) is 0 Å². The van der Waals surface area contributed by atoms with E-state index in [1.54, 1.807) is 0 Å². The first-order valence-corrected chi connectivity index (χ1v) is 6.44. The van der Waals surface area contributed by atoms with Gasteiger partial charge in [-0.25, -0.2) is 0 Å². The lowest BCUT2D eigenvalue weighted by Gasteiger charge is -2.36. The van der Waals surface area contributed by atoms with Gasteiger partial charge in [-0.05, 0) is 43.9 Å². The van der Waals surface area contributed by atoms with E-state index in [1.165, 1.54) is 32.1 Å². The summed E-state index contributed by atoms with van der Waals surface area (Å²) in [4.78, 5) is 0. The van der Waals surface area contributed by atoms with Crippen molar-refractivity contribution in [3.05, 3.63) is 0 Å². The highest BCUT2D eigenvalue weighted by Gasteiger charge is 2.33. The molecule has 0 saturated heterocycles. The quantitative estimate of drug-likeness (QED) is 0.729. The molecular formula is C13H25N. The second-order valence-electron chi connectivity index (χ2n) is 5.67. The molecule has 4 unspecified atom stereocenters. The third-order valence-electron chi connectivity index (χ3n) is 4.51. The van der Waals surface area contributed by atoms with Crippen LogP contribution in [0.15, 0.2) is 0 Å². The van der Waals surface area contributed by atoms with Gasteiger partial charge in [-0.2, -0.15) is 0 Å². The van der Waals surface area contributed by atoms with Gasteiger partial charge in [0.2, 0.25) is 0 Å². The molecule has 2 rings (SSSR count). The Morgan fingerprint density at radius 2 is 1.79 bits per heavy atom. The molecule has 0 aromatic heterocycles. The van der Waals surface area contributed by atoms with Gasteiger partial charge in [0.25, 0.3) is 0 Å². The van der Waals surface area contributed by atoms with Crippen molar-refractivity contribution < 1.29 is 0 Å². The van der Waals surface area contributed by atoms with Gasteiger partial charge in [-0.15, -0.1) is 0 Å². The predicted octanol–water partition coefficient (Wildman–Crippen LogP) is 3.20. The molecule has 0 amide bonds. The minimum atomic E-state index is 0.771. The molecule has 4 atom stereocenters. The minimum Gasteiger partial charge on any atom is -0.311 e. The lowest BCUT2D eigenvalue weighted by Crippen LogP contribution is -2.45. The van der Waals surface area contributed by atoms with Crippen molar-refractivity contribution in [1.82, 2.24) is 5.32 Å². The molecule has 82 valence electrons. The van der Waals surface area contributed by atoms with Crippen LogP contribution >= 0.6 is 0 Å². The molecule has 14 heavy (non-hydrogen) atoms. The van der Waals surface area contributed by atoms with E-state index in [0.29, 0.717) is 0 Å². The molecule has 2 aliphatic rings. The summed E-state index contributed by atoms with van der Waals surface area (Å²) < 4.78 is 0. The largest absolute Gasteiger partial charge is 0.311 e. The second-order valence-corrected chi connectivity index (χ2v) is 5.67. The van der Waals surface area contributed by atoms with Crippen LogP contribution in [0, 0.1) is 17.8 Å². The number of hydrogen-bond acceptors (Lipinski definition) is 1. The number of nitrogens with one attached hydrogen (secondary N) is 1. The highest BCUT2D eigenvalue weighted by molar-refractivity contribution is 4.89. The molecule has 1 heteroatoms. The monoisotopic (exact) mass is 195 g/mol. The SMILES string of the molecule is CC1CCCC(NC(C)C2CC2)C1C. The molecule has 0 aromatic rings. The fraction of sp³-hybridized carbons (Fsp3) is 1.00. The summed E-state index contributed by atoms with van der Waals surface area (Å²) in [5.74, 6) is 2.80. The smallest absolute Gasteiger partial charge is 0.00978 e. The number of hydrogen-bond donors (Lipinski definition) is 1. The fourth-order valence-electron chi connectivity index (χ4n) is 2.89. The molecule has 2 aliphatic carbocycles. The predicted molar refractivity (Wildman–Crippen MR) is 61.3 cm³/mol. The van der Waals surface area contributed by atoms with Crippen LogP contribution in [0.5, 0.6) is 0 Å². The van der Waals surface area contributed by atoms with Crippen molar-refractivity contribution in [2.45, 2.75) is 65.0 Å². The Kier molecular flexibility index (Phi) is 3.16. The van der Waals surface area contributed by atoms with Gasteiger partial charge in [0.15, 0.2) is 0 Å².